The highest BCUT2D eigenvalue weighted by Gasteiger charge is 2.23. The zero-order valence-electron chi connectivity index (χ0n) is 10.1. The van der Waals surface area contributed by atoms with Crippen molar-refractivity contribution in [2.24, 2.45) is 0 Å². The highest BCUT2D eigenvalue weighted by atomic mass is 35.5. The molecule has 0 aliphatic heterocycles. The zero-order chi connectivity index (χ0) is 14.5. The van der Waals surface area contributed by atoms with Gasteiger partial charge in [-0.2, -0.15) is 5.26 Å². The van der Waals surface area contributed by atoms with Crippen LogP contribution in [0, 0.1) is 17.1 Å². The highest BCUT2D eigenvalue weighted by Crippen LogP contribution is 2.23. The van der Waals surface area contributed by atoms with Gasteiger partial charge in [0.2, 0.25) is 9.47 Å². The van der Waals surface area contributed by atoms with Gasteiger partial charge in [-0.25, -0.2) is 4.39 Å². The van der Waals surface area contributed by atoms with Crippen LogP contribution < -0.4 is 4.90 Å². The lowest BCUT2D eigenvalue weighted by atomic mass is 10.2. The minimum absolute atomic E-state index is 0.0520. The molecule has 0 N–H and O–H groups in total. The van der Waals surface area contributed by atoms with Gasteiger partial charge in [0.05, 0.1) is 18.2 Å². The molecule has 1 amide bonds. The number of aromatic nitrogens is 2. The molecule has 1 aromatic heterocycles. The van der Waals surface area contributed by atoms with E-state index < -0.39 is 11.7 Å². The molecule has 5 nitrogen and oxygen atoms in total. The van der Waals surface area contributed by atoms with Gasteiger partial charge < -0.3 is 4.90 Å². The second kappa shape index (κ2) is 6.41. The second-order valence-corrected chi connectivity index (χ2v) is 5.24. The van der Waals surface area contributed by atoms with Crippen LogP contribution in [-0.2, 0) is 0 Å². The Bertz CT molecular complexity index is 669. The third kappa shape index (κ3) is 3.10. The number of benzene rings is 1. The van der Waals surface area contributed by atoms with Crippen LogP contribution in [0.15, 0.2) is 24.3 Å². The van der Waals surface area contributed by atoms with E-state index in [9.17, 15) is 9.18 Å². The molecule has 0 atom stereocenters. The Balaban J connectivity index is 2.35. The summed E-state index contributed by atoms with van der Waals surface area (Å²) in [7, 11) is 0. The van der Waals surface area contributed by atoms with E-state index in [-0.39, 0.29) is 28.1 Å². The first-order chi connectivity index (χ1) is 9.63. The molecular weight excluding hydrogens is 303 g/mol. The summed E-state index contributed by atoms with van der Waals surface area (Å²) < 4.78 is 13.9. The Morgan fingerprint density at radius 1 is 1.45 bits per heavy atom. The van der Waals surface area contributed by atoms with Crippen molar-refractivity contribution >= 4 is 34.5 Å². The average Bonchev–Trinajstić information content (AvgIpc) is 2.87. The molecule has 1 aromatic carbocycles. The summed E-state index contributed by atoms with van der Waals surface area (Å²) in [6.07, 6.45) is 0.0760. The van der Waals surface area contributed by atoms with Crippen LogP contribution in [0.3, 0.4) is 0 Å². The van der Waals surface area contributed by atoms with E-state index in [1.807, 2.05) is 6.07 Å². The molecule has 2 aromatic rings. The van der Waals surface area contributed by atoms with Gasteiger partial charge in [0.15, 0.2) is 0 Å². The molecule has 2 rings (SSSR count). The first kappa shape index (κ1) is 14.4. The van der Waals surface area contributed by atoms with Crippen molar-refractivity contribution in [1.82, 2.24) is 10.2 Å². The molecule has 1 heterocycles. The summed E-state index contributed by atoms with van der Waals surface area (Å²) in [5.74, 6) is -1.08. The second-order valence-electron chi connectivity index (χ2n) is 3.68. The Morgan fingerprint density at radius 2 is 2.20 bits per heavy atom. The number of anilines is 1. The van der Waals surface area contributed by atoms with E-state index in [0.29, 0.717) is 0 Å². The average molecular weight is 311 g/mol. The first-order valence-electron chi connectivity index (χ1n) is 5.56. The molecule has 0 saturated heterocycles. The van der Waals surface area contributed by atoms with Gasteiger partial charge in [-0.15, -0.1) is 10.2 Å². The summed E-state index contributed by atoms with van der Waals surface area (Å²) >= 11 is 6.54. The Hall–Kier alpha value is -2.04. The standard InChI is InChI=1S/C12H8ClFN4OS/c13-12-17-16-10(20-12)11(19)18(7-3-6-15)9-5-2-1-4-8(9)14/h1-2,4-5H,3,7H2. The number of rotatable bonds is 4. The number of nitriles is 1. The number of carbonyl (C=O) groups is 1. The van der Waals surface area contributed by atoms with E-state index in [4.69, 9.17) is 16.9 Å². The van der Waals surface area contributed by atoms with Crippen LogP contribution >= 0.6 is 22.9 Å². The maximum Gasteiger partial charge on any atom is 0.289 e. The van der Waals surface area contributed by atoms with Crippen molar-refractivity contribution in [3.05, 3.63) is 39.6 Å². The minimum Gasteiger partial charge on any atom is -0.302 e. The van der Waals surface area contributed by atoms with Crippen molar-refractivity contribution < 1.29 is 9.18 Å². The third-order valence-corrected chi connectivity index (χ3v) is 3.43. The summed E-state index contributed by atoms with van der Waals surface area (Å²) in [5.41, 5.74) is 0.0964. The predicted molar refractivity (Wildman–Crippen MR) is 73.2 cm³/mol. The van der Waals surface area contributed by atoms with Gasteiger partial charge in [-0.3, -0.25) is 4.79 Å². The third-order valence-electron chi connectivity index (χ3n) is 2.42. The maximum atomic E-state index is 13.8. The zero-order valence-corrected chi connectivity index (χ0v) is 11.7. The topological polar surface area (TPSA) is 69.9 Å². The number of hydrogen-bond acceptors (Lipinski definition) is 5. The van der Waals surface area contributed by atoms with Crippen molar-refractivity contribution in [3.63, 3.8) is 0 Å². The van der Waals surface area contributed by atoms with Crippen LogP contribution in [0.25, 0.3) is 0 Å². The van der Waals surface area contributed by atoms with Crippen LogP contribution in [0.1, 0.15) is 16.2 Å². The summed E-state index contributed by atoms with van der Waals surface area (Å²) in [5, 5.41) is 15.9. The molecule has 8 heteroatoms. The molecule has 0 spiro atoms. The SMILES string of the molecule is N#CCCN(C(=O)c1nnc(Cl)s1)c1ccccc1F. The van der Waals surface area contributed by atoms with Gasteiger partial charge in [0.25, 0.3) is 5.91 Å². The van der Waals surface area contributed by atoms with E-state index >= 15 is 0 Å². The monoisotopic (exact) mass is 310 g/mol. The minimum atomic E-state index is -0.547. The number of carbonyl (C=O) groups excluding carboxylic acids is 1. The number of amides is 1. The number of para-hydroxylation sites is 1. The number of nitrogens with zero attached hydrogens (tertiary/aromatic N) is 4. The van der Waals surface area contributed by atoms with E-state index in [1.54, 1.807) is 6.07 Å². The van der Waals surface area contributed by atoms with Crippen molar-refractivity contribution in [1.29, 1.82) is 5.26 Å². The fourth-order valence-electron chi connectivity index (χ4n) is 1.57. The fourth-order valence-corrected chi connectivity index (χ4v) is 2.35. The molecule has 102 valence electrons. The lowest BCUT2D eigenvalue weighted by molar-refractivity contribution is 0.0985. The highest BCUT2D eigenvalue weighted by molar-refractivity contribution is 7.17. The molecule has 0 bridgehead atoms. The lowest BCUT2D eigenvalue weighted by Crippen LogP contribution is -2.32. The lowest BCUT2D eigenvalue weighted by Gasteiger charge is -2.20. The van der Waals surface area contributed by atoms with Crippen LogP contribution in [0.5, 0.6) is 0 Å². The number of halogens is 2. The smallest absolute Gasteiger partial charge is 0.289 e. The van der Waals surface area contributed by atoms with Crippen molar-refractivity contribution in [3.8, 4) is 6.07 Å². The van der Waals surface area contributed by atoms with Crippen LogP contribution in [-0.4, -0.2) is 22.6 Å². The van der Waals surface area contributed by atoms with E-state index in [2.05, 4.69) is 10.2 Å². The summed E-state index contributed by atoms with van der Waals surface area (Å²) in [6, 6.07) is 7.77. The quantitative estimate of drug-likeness (QED) is 0.870. The molecular formula is C12H8ClFN4OS. The van der Waals surface area contributed by atoms with Crippen LogP contribution in [0.2, 0.25) is 4.47 Å². The molecule has 0 radical (unpaired) electrons. The van der Waals surface area contributed by atoms with Crippen LogP contribution in [0.4, 0.5) is 10.1 Å². The van der Waals surface area contributed by atoms with Gasteiger partial charge in [-0.1, -0.05) is 23.5 Å². The Labute approximate surface area is 123 Å². The Morgan fingerprint density at radius 3 is 2.80 bits per heavy atom. The normalized spacial score (nSPS) is 10.1. The first-order valence-corrected chi connectivity index (χ1v) is 6.75. The number of hydrogen-bond donors (Lipinski definition) is 0. The van der Waals surface area contributed by atoms with Gasteiger partial charge in [0.1, 0.15) is 5.82 Å². The molecule has 0 aliphatic carbocycles. The molecule has 20 heavy (non-hydrogen) atoms. The fraction of sp³-hybridized carbons (Fsp3) is 0.167. The Kier molecular flexibility index (Phi) is 4.61. The van der Waals surface area contributed by atoms with Gasteiger partial charge in [-0.05, 0) is 23.7 Å². The molecule has 0 aliphatic rings. The van der Waals surface area contributed by atoms with Gasteiger partial charge >= 0.3 is 0 Å². The largest absolute Gasteiger partial charge is 0.302 e. The summed E-state index contributed by atoms with van der Waals surface area (Å²) in [6.45, 7) is 0.0630. The van der Waals surface area contributed by atoms with Crippen molar-refractivity contribution in [2.75, 3.05) is 11.4 Å². The maximum absolute atomic E-state index is 13.8. The molecule has 0 unspecified atom stereocenters. The van der Waals surface area contributed by atoms with Crippen molar-refractivity contribution in [2.45, 2.75) is 6.42 Å². The van der Waals surface area contributed by atoms with E-state index in [0.717, 1.165) is 16.2 Å². The molecule has 0 fully saturated rings. The summed E-state index contributed by atoms with van der Waals surface area (Å²) in [4.78, 5) is 13.5. The van der Waals surface area contributed by atoms with E-state index in [1.165, 1.54) is 18.2 Å². The molecule has 0 saturated carbocycles. The van der Waals surface area contributed by atoms with Gasteiger partial charge in [0, 0.05) is 6.54 Å². The predicted octanol–water partition coefficient (Wildman–Crippen LogP) is 2.89.